The minimum absolute atomic E-state index is 0.182. The summed E-state index contributed by atoms with van der Waals surface area (Å²) in [4.78, 5) is 0. The number of aromatic nitrogens is 4. The number of halogens is 3. The lowest BCUT2D eigenvalue weighted by molar-refractivity contribution is 0.579. The lowest BCUT2D eigenvalue weighted by Gasteiger charge is -2.07. The standard InChI is InChI=1S/C13H8BrF2N5/c14-12-2-1-9(17)6-11(12)13-18-19-20-21(13)10-4-7(15)3-8(16)5-10/h1-6H,17H2. The van der Waals surface area contributed by atoms with Crippen LogP contribution in [0.25, 0.3) is 17.1 Å². The number of rotatable bonds is 2. The van der Waals surface area contributed by atoms with Crippen molar-refractivity contribution in [2.24, 2.45) is 0 Å². The average molecular weight is 352 g/mol. The first kappa shape index (κ1) is 13.6. The highest BCUT2D eigenvalue weighted by Gasteiger charge is 2.15. The van der Waals surface area contributed by atoms with Crippen molar-refractivity contribution in [3.8, 4) is 17.1 Å². The highest BCUT2D eigenvalue weighted by atomic mass is 79.9. The molecule has 0 saturated carbocycles. The Kier molecular flexibility index (Phi) is 3.38. The number of hydrogen-bond acceptors (Lipinski definition) is 4. The lowest BCUT2D eigenvalue weighted by Crippen LogP contribution is -2.02. The first-order valence-corrected chi connectivity index (χ1v) is 6.64. The van der Waals surface area contributed by atoms with Crippen LogP contribution in [0.15, 0.2) is 40.9 Å². The van der Waals surface area contributed by atoms with Crippen molar-refractivity contribution >= 4 is 21.6 Å². The van der Waals surface area contributed by atoms with E-state index < -0.39 is 11.6 Å². The van der Waals surface area contributed by atoms with Gasteiger partial charge in [0.15, 0.2) is 5.82 Å². The first-order chi connectivity index (χ1) is 10.0. The van der Waals surface area contributed by atoms with Gasteiger partial charge in [-0.1, -0.05) is 15.9 Å². The highest BCUT2D eigenvalue weighted by molar-refractivity contribution is 9.10. The third kappa shape index (κ3) is 2.62. The van der Waals surface area contributed by atoms with Gasteiger partial charge in [-0.3, -0.25) is 0 Å². The first-order valence-electron chi connectivity index (χ1n) is 5.85. The molecule has 3 rings (SSSR count). The number of nitrogens with zero attached hydrogens (tertiary/aromatic N) is 4. The van der Waals surface area contributed by atoms with Crippen LogP contribution in [0.3, 0.4) is 0 Å². The Hall–Kier alpha value is -2.35. The van der Waals surface area contributed by atoms with E-state index in [0.717, 1.165) is 18.2 Å². The molecule has 0 aliphatic heterocycles. The van der Waals surface area contributed by atoms with Gasteiger partial charge in [-0.2, -0.15) is 4.68 Å². The number of tetrazole rings is 1. The molecule has 0 saturated heterocycles. The molecule has 0 aliphatic carbocycles. The molecule has 0 spiro atoms. The van der Waals surface area contributed by atoms with Gasteiger partial charge in [0.25, 0.3) is 0 Å². The Morgan fingerprint density at radius 2 is 1.76 bits per heavy atom. The summed E-state index contributed by atoms with van der Waals surface area (Å²) in [6, 6.07) is 8.19. The Morgan fingerprint density at radius 3 is 2.48 bits per heavy atom. The number of benzene rings is 2. The Bertz CT molecular complexity index is 798. The van der Waals surface area contributed by atoms with Gasteiger partial charge < -0.3 is 5.73 Å². The fourth-order valence-corrected chi connectivity index (χ4v) is 2.33. The molecule has 0 bridgehead atoms. The minimum Gasteiger partial charge on any atom is -0.399 e. The molecule has 2 N–H and O–H groups in total. The monoisotopic (exact) mass is 351 g/mol. The molecule has 0 aliphatic rings. The largest absolute Gasteiger partial charge is 0.399 e. The van der Waals surface area contributed by atoms with Crippen LogP contribution in [0.2, 0.25) is 0 Å². The maximum atomic E-state index is 13.3. The van der Waals surface area contributed by atoms with E-state index in [1.165, 1.54) is 4.68 Å². The van der Waals surface area contributed by atoms with Crippen molar-refractivity contribution in [1.82, 2.24) is 20.2 Å². The molecule has 106 valence electrons. The summed E-state index contributed by atoms with van der Waals surface area (Å²) in [6.45, 7) is 0. The summed E-state index contributed by atoms with van der Waals surface area (Å²) in [5, 5.41) is 11.2. The van der Waals surface area contributed by atoms with E-state index in [0.29, 0.717) is 21.5 Å². The molecule has 0 unspecified atom stereocenters. The molecular formula is C13H8BrF2N5. The quantitative estimate of drug-likeness (QED) is 0.720. The topological polar surface area (TPSA) is 69.6 Å². The zero-order chi connectivity index (χ0) is 15.0. The van der Waals surface area contributed by atoms with Crippen LogP contribution in [0.5, 0.6) is 0 Å². The third-order valence-electron chi connectivity index (χ3n) is 2.79. The predicted octanol–water partition coefficient (Wildman–Crippen LogP) is 2.95. The zero-order valence-corrected chi connectivity index (χ0v) is 12.1. The van der Waals surface area contributed by atoms with Gasteiger partial charge in [-0.15, -0.1) is 5.10 Å². The highest BCUT2D eigenvalue weighted by Crippen LogP contribution is 2.29. The zero-order valence-electron chi connectivity index (χ0n) is 10.5. The average Bonchev–Trinajstić information content (AvgIpc) is 2.89. The van der Waals surface area contributed by atoms with Crippen molar-refractivity contribution in [3.05, 3.63) is 52.5 Å². The van der Waals surface area contributed by atoms with Crippen molar-refractivity contribution in [3.63, 3.8) is 0 Å². The Labute approximate surface area is 126 Å². The number of nitrogens with two attached hydrogens (primary N) is 1. The molecule has 1 heterocycles. The number of nitrogen functional groups attached to an aromatic ring is 1. The molecule has 1 aromatic heterocycles. The van der Waals surface area contributed by atoms with Gasteiger partial charge in [-0.25, -0.2) is 8.78 Å². The molecule has 21 heavy (non-hydrogen) atoms. The van der Waals surface area contributed by atoms with E-state index in [4.69, 9.17) is 5.73 Å². The number of hydrogen-bond donors (Lipinski definition) is 1. The normalized spacial score (nSPS) is 10.8. The SMILES string of the molecule is Nc1ccc(Br)c(-c2nnnn2-c2cc(F)cc(F)c2)c1. The smallest absolute Gasteiger partial charge is 0.188 e. The fraction of sp³-hybridized carbons (Fsp3) is 0. The molecule has 2 aromatic carbocycles. The van der Waals surface area contributed by atoms with E-state index >= 15 is 0 Å². The van der Waals surface area contributed by atoms with Crippen LogP contribution in [0, 0.1) is 11.6 Å². The molecule has 0 atom stereocenters. The molecule has 0 fully saturated rings. The fourth-order valence-electron chi connectivity index (χ4n) is 1.90. The molecule has 0 radical (unpaired) electrons. The second-order valence-corrected chi connectivity index (χ2v) is 5.14. The van der Waals surface area contributed by atoms with E-state index in [2.05, 4.69) is 31.5 Å². The van der Waals surface area contributed by atoms with Crippen LogP contribution in [-0.2, 0) is 0 Å². The van der Waals surface area contributed by atoms with E-state index in [1.54, 1.807) is 18.2 Å². The molecule has 0 amide bonds. The van der Waals surface area contributed by atoms with Gasteiger partial charge in [0.1, 0.15) is 11.6 Å². The number of anilines is 1. The molecule has 8 heteroatoms. The molecular weight excluding hydrogens is 344 g/mol. The molecule has 5 nitrogen and oxygen atoms in total. The Balaban J connectivity index is 2.19. The predicted molar refractivity (Wildman–Crippen MR) is 76.6 cm³/mol. The van der Waals surface area contributed by atoms with Gasteiger partial charge in [-0.05, 0) is 40.8 Å². The van der Waals surface area contributed by atoms with Crippen LogP contribution in [-0.4, -0.2) is 20.2 Å². The van der Waals surface area contributed by atoms with Crippen LogP contribution in [0.1, 0.15) is 0 Å². The van der Waals surface area contributed by atoms with Gasteiger partial charge in [0.05, 0.1) is 5.69 Å². The van der Waals surface area contributed by atoms with Crippen LogP contribution >= 0.6 is 15.9 Å². The van der Waals surface area contributed by atoms with E-state index in [-0.39, 0.29) is 5.69 Å². The third-order valence-corrected chi connectivity index (χ3v) is 3.48. The summed E-state index contributed by atoms with van der Waals surface area (Å²) < 4.78 is 28.6. The maximum Gasteiger partial charge on any atom is 0.188 e. The second-order valence-electron chi connectivity index (χ2n) is 4.28. The maximum absolute atomic E-state index is 13.3. The summed E-state index contributed by atoms with van der Waals surface area (Å²) in [6.07, 6.45) is 0. The second kappa shape index (κ2) is 5.21. The van der Waals surface area contributed by atoms with E-state index in [9.17, 15) is 8.78 Å². The van der Waals surface area contributed by atoms with Crippen molar-refractivity contribution in [2.75, 3.05) is 5.73 Å². The summed E-state index contributed by atoms with van der Waals surface area (Å²) >= 11 is 3.37. The summed E-state index contributed by atoms with van der Waals surface area (Å²) in [5.74, 6) is -1.10. The van der Waals surface area contributed by atoms with Crippen LogP contribution < -0.4 is 5.73 Å². The summed E-state index contributed by atoms with van der Waals surface area (Å²) in [5.41, 5.74) is 7.07. The van der Waals surface area contributed by atoms with Crippen molar-refractivity contribution in [2.45, 2.75) is 0 Å². The Morgan fingerprint density at radius 1 is 1.05 bits per heavy atom. The molecule has 3 aromatic rings. The van der Waals surface area contributed by atoms with Gasteiger partial charge in [0.2, 0.25) is 0 Å². The van der Waals surface area contributed by atoms with Crippen molar-refractivity contribution < 1.29 is 8.78 Å². The lowest BCUT2D eigenvalue weighted by atomic mass is 10.2. The summed E-state index contributed by atoms with van der Waals surface area (Å²) in [7, 11) is 0. The van der Waals surface area contributed by atoms with Gasteiger partial charge in [0, 0.05) is 21.8 Å². The minimum atomic E-state index is -0.710. The van der Waals surface area contributed by atoms with Crippen molar-refractivity contribution in [1.29, 1.82) is 0 Å². The van der Waals surface area contributed by atoms with E-state index in [1.807, 2.05) is 0 Å². The van der Waals surface area contributed by atoms with Crippen LogP contribution in [0.4, 0.5) is 14.5 Å². The van der Waals surface area contributed by atoms with Gasteiger partial charge >= 0.3 is 0 Å².